The van der Waals surface area contributed by atoms with Crippen molar-refractivity contribution in [2.75, 3.05) is 0 Å². The van der Waals surface area contributed by atoms with Gasteiger partial charge in [-0.05, 0) is 46.9 Å². The Balaban J connectivity index is 2.27. The summed E-state index contributed by atoms with van der Waals surface area (Å²) in [6, 6.07) is 12.4. The van der Waals surface area contributed by atoms with Crippen LogP contribution in [0.2, 0.25) is 0 Å². The lowest BCUT2D eigenvalue weighted by atomic mass is 10.1. The van der Waals surface area contributed by atoms with Crippen molar-refractivity contribution in [3.8, 4) is 11.3 Å². The highest BCUT2D eigenvalue weighted by molar-refractivity contribution is 14.1. The number of aromatic nitrogens is 2. The molecule has 0 N–H and O–H groups in total. The largest absolute Gasteiger partial charge is 0.239 e. The van der Waals surface area contributed by atoms with Gasteiger partial charge in [0.1, 0.15) is 11.5 Å². The van der Waals surface area contributed by atoms with Gasteiger partial charge in [0.05, 0.1) is 9.09 Å². The van der Waals surface area contributed by atoms with Crippen LogP contribution in [-0.4, -0.2) is 9.61 Å². The summed E-state index contributed by atoms with van der Waals surface area (Å²) in [4.78, 5) is 0. The molecule has 0 spiro atoms. The van der Waals surface area contributed by atoms with Crippen molar-refractivity contribution in [2.45, 2.75) is 0 Å². The summed E-state index contributed by atoms with van der Waals surface area (Å²) in [5.41, 5.74) is 2.65. The van der Waals surface area contributed by atoms with Gasteiger partial charge in [0, 0.05) is 11.8 Å². The normalized spacial score (nSPS) is 10.9. The Labute approximate surface area is 111 Å². The average molecular weight is 338 g/mol. The first-order valence-corrected chi connectivity index (χ1v) is 6.22. The topological polar surface area (TPSA) is 17.3 Å². The molecule has 0 radical (unpaired) electrons. The average Bonchev–Trinajstić information content (AvgIpc) is 2.68. The van der Waals surface area contributed by atoms with Crippen LogP contribution in [0.3, 0.4) is 0 Å². The molecule has 2 heterocycles. The van der Waals surface area contributed by atoms with E-state index in [-0.39, 0.29) is 5.82 Å². The number of rotatable bonds is 1. The van der Waals surface area contributed by atoms with Crippen LogP contribution in [0, 0.1) is 9.39 Å². The highest BCUT2D eigenvalue weighted by Crippen LogP contribution is 2.27. The molecule has 2 aromatic heterocycles. The van der Waals surface area contributed by atoms with Crippen LogP contribution in [-0.2, 0) is 0 Å². The maximum absolute atomic E-state index is 13.2. The predicted octanol–water partition coefficient (Wildman–Crippen LogP) is 3.75. The van der Waals surface area contributed by atoms with Gasteiger partial charge in [0.25, 0.3) is 0 Å². The summed E-state index contributed by atoms with van der Waals surface area (Å²) in [5, 5.41) is 4.47. The molecule has 1 aromatic carbocycles. The van der Waals surface area contributed by atoms with Crippen molar-refractivity contribution in [3.63, 3.8) is 0 Å². The first-order valence-electron chi connectivity index (χ1n) is 5.14. The van der Waals surface area contributed by atoms with Crippen molar-refractivity contribution in [2.24, 2.45) is 0 Å². The third-order valence-corrected chi connectivity index (χ3v) is 3.64. The van der Waals surface area contributed by atoms with E-state index in [2.05, 4.69) is 27.7 Å². The fourth-order valence-corrected chi connectivity index (χ4v) is 2.63. The van der Waals surface area contributed by atoms with Crippen molar-refractivity contribution >= 4 is 28.1 Å². The van der Waals surface area contributed by atoms with Gasteiger partial charge in [0.15, 0.2) is 0 Å². The van der Waals surface area contributed by atoms with E-state index in [1.165, 1.54) is 12.1 Å². The SMILES string of the molecule is Fc1cccc(-c2nn3ccccc3c2I)c1. The summed E-state index contributed by atoms with van der Waals surface area (Å²) in [7, 11) is 0. The van der Waals surface area contributed by atoms with Gasteiger partial charge in [-0.15, -0.1) is 0 Å². The summed E-state index contributed by atoms with van der Waals surface area (Å²) >= 11 is 2.24. The van der Waals surface area contributed by atoms with Crippen LogP contribution < -0.4 is 0 Å². The number of halogens is 2. The summed E-state index contributed by atoms with van der Waals surface area (Å²) in [6.45, 7) is 0. The Hall–Kier alpha value is -1.43. The van der Waals surface area contributed by atoms with Crippen LogP contribution in [0.4, 0.5) is 4.39 Å². The van der Waals surface area contributed by atoms with E-state index in [4.69, 9.17) is 0 Å². The summed E-state index contributed by atoms with van der Waals surface area (Å²) in [6.07, 6.45) is 1.89. The van der Waals surface area contributed by atoms with Crippen molar-refractivity contribution in [3.05, 3.63) is 58.0 Å². The molecule has 2 nitrogen and oxygen atoms in total. The third-order valence-electron chi connectivity index (χ3n) is 2.58. The number of benzene rings is 1. The lowest BCUT2D eigenvalue weighted by Gasteiger charge is -1.96. The second kappa shape index (κ2) is 4.10. The van der Waals surface area contributed by atoms with Gasteiger partial charge >= 0.3 is 0 Å². The monoisotopic (exact) mass is 338 g/mol. The Bertz CT molecular complexity index is 691. The minimum atomic E-state index is -0.240. The Morgan fingerprint density at radius 2 is 2.00 bits per heavy atom. The van der Waals surface area contributed by atoms with Gasteiger partial charge in [0.2, 0.25) is 0 Å². The zero-order chi connectivity index (χ0) is 11.8. The van der Waals surface area contributed by atoms with Crippen LogP contribution >= 0.6 is 22.6 Å². The van der Waals surface area contributed by atoms with Crippen LogP contribution in [0.15, 0.2) is 48.7 Å². The van der Waals surface area contributed by atoms with E-state index in [0.717, 1.165) is 20.3 Å². The first-order chi connectivity index (χ1) is 8.25. The quantitative estimate of drug-likeness (QED) is 0.618. The molecule has 0 fully saturated rings. The standard InChI is InChI=1S/C13H8FIN2/c14-10-5-3-4-9(8-10)13-12(15)11-6-1-2-7-17(11)16-13/h1-8H. The van der Waals surface area contributed by atoms with Gasteiger partial charge < -0.3 is 0 Å². The molecule has 17 heavy (non-hydrogen) atoms. The van der Waals surface area contributed by atoms with E-state index in [0.29, 0.717) is 0 Å². The molecule has 0 aliphatic heterocycles. The molecule has 3 aromatic rings. The van der Waals surface area contributed by atoms with Gasteiger partial charge in [-0.3, -0.25) is 0 Å². The second-order valence-electron chi connectivity index (χ2n) is 3.70. The minimum absolute atomic E-state index is 0.240. The minimum Gasteiger partial charge on any atom is -0.239 e. The van der Waals surface area contributed by atoms with Crippen LogP contribution in [0.25, 0.3) is 16.8 Å². The molecule has 0 aliphatic carbocycles. The fraction of sp³-hybridized carbons (Fsp3) is 0. The van der Waals surface area contributed by atoms with Crippen molar-refractivity contribution in [1.82, 2.24) is 9.61 Å². The maximum atomic E-state index is 13.2. The van der Waals surface area contributed by atoms with Gasteiger partial charge in [-0.2, -0.15) is 5.10 Å². The number of pyridine rings is 1. The Morgan fingerprint density at radius 3 is 2.76 bits per heavy atom. The highest BCUT2D eigenvalue weighted by Gasteiger charge is 2.11. The summed E-state index contributed by atoms with van der Waals surface area (Å²) in [5.74, 6) is -0.240. The number of nitrogens with zero attached hydrogens (tertiary/aromatic N) is 2. The number of hydrogen-bond acceptors (Lipinski definition) is 1. The second-order valence-corrected chi connectivity index (χ2v) is 4.78. The van der Waals surface area contributed by atoms with E-state index in [9.17, 15) is 4.39 Å². The molecule has 4 heteroatoms. The smallest absolute Gasteiger partial charge is 0.123 e. The number of fused-ring (bicyclic) bond motifs is 1. The lowest BCUT2D eigenvalue weighted by molar-refractivity contribution is 0.628. The predicted molar refractivity (Wildman–Crippen MR) is 73.3 cm³/mol. The molecule has 84 valence electrons. The van der Waals surface area contributed by atoms with Gasteiger partial charge in [-0.1, -0.05) is 18.2 Å². The zero-order valence-corrected chi connectivity index (χ0v) is 10.9. The van der Waals surface area contributed by atoms with Gasteiger partial charge in [-0.25, -0.2) is 8.91 Å². The molecule has 0 atom stereocenters. The van der Waals surface area contributed by atoms with E-state index in [1.54, 1.807) is 6.07 Å². The highest BCUT2D eigenvalue weighted by atomic mass is 127. The van der Waals surface area contributed by atoms with E-state index >= 15 is 0 Å². The van der Waals surface area contributed by atoms with E-state index < -0.39 is 0 Å². The van der Waals surface area contributed by atoms with Crippen LogP contribution in [0.5, 0.6) is 0 Å². The molecule has 0 saturated carbocycles. The fourth-order valence-electron chi connectivity index (χ4n) is 1.79. The molecule has 0 amide bonds. The van der Waals surface area contributed by atoms with E-state index in [1.807, 2.05) is 35.0 Å². The lowest BCUT2D eigenvalue weighted by Crippen LogP contribution is -1.85. The Morgan fingerprint density at radius 1 is 1.12 bits per heavy atom. The third kappa shape index (κ3) is 1.82. The molecular formula is C13H8FIN2. The summed E-state index contributed by atoms with van der Waals surface area (Å²) < 4.78 is 16.0. The van der Waals surface area contributed by atoms with Crippen LogP contribution in [0.1, 0.15) is 0 Å². The molecule has 0 bridgehead atoms. The van der Waals surface area contributed by atoms with Crippen molar-refractivity contribution in [1.29, 1.82) is 0 Å². The molecule has 0 unspecified atom stereocenters. The first kappa shape index (κ1) is 10.7. The van der Waals surface area contributed by atoms with Crippen molar-refractivity contribution < 1.29 is 4.39 Å². The zero-order valence-electron chi connectivity index (χ0n) is 8.77. The molecular weight excluding hydrogens is 330 g/mol. The number of hydrogen-bond donors (Lipinski definition) is 0. The maximum Gasteiger partial charge on any atom is 0.123 e. The molecule has 3 rings (SSSR count). The Kier molecular flexibility index (Phi) is 2.58. The molecule has 0 aliphatic rings. The molecule has 0 saturated heterocycles.